The summed E-state index contributed by atoms with van der Waals surface area (Å²) in [4.78, 5) is 12.4. The molecule has 7 nitrogen and oxygen atoms in total. The van der Waals surface area contributed by atoms with Crippen molar-refractivity contribution >= 4 is 35.3 Å². The number of phenolic OH excluding ortho intramolecular Hbond substituents is 1. The van der Waals surface area contributed by atoms with Crippen LogP contribution in [0, 0.1) is 0 Å². The second kappa shape index (κ2) is 11.8. The molecular formula is C26H26Cl2N2O5. The SMILES string of the molecule is COc1cc(C=NNC(=O)c2cc(Cl)c(O)cc2Cl)cc(OC)c1OCc1ccc(C(C)C)cc1. The maximum atomic E-state index is 12.4. The monoisotopic (exact) mass is 516 g/mol. The summed E-state index contributed by atoms with van der Waals surface area (Å²) in [6.07, 6.45) is 1.42. The molecule has 0 atom stereocenters. The number of rotatable bonds is 9. The zero-order valence-electron chi connectivity index (χ0n) is 19.8. The first-order valence-electron chi connectivity index (χ1n) is 10.7. The predicted molar refractivity (Wildman–Crippen MR) is 138 cm³/mol. The molecule has 2 N–H and O–H groups in total. The van der Waals surface area contributed by atoms with Gasteiger partial charge in [0.15, 0.2) is 11.5 Å². The van der Waals surface area contributed by atoms with Crippen LogP contribution >= 0.6 is 23.2 Å². The van der Waals surface area contributed by atoms with Crippen LogP contribution in [-0.2, 0) is 6.61 Å². The predicted octanol–water partition coefficient (Wildman–Crippen LogP) is 6.18. The molecule has 0 spiro atoms. The van der Waals surface area contributed by atoms with E-state index in [2.05, 4.69) is 36.5 Å². The Morgan fingerprint density at radius 1 is 1.03 bits per heavy atom. The molecule has 184 valence electrons. The third kappa shape index (κ3) is 6.59. The largest absolute Gasteiger partial charge is 0.506 e. The first-order valence-corrected chi connectivity index (χ1v) is 11.5. The lowest BCUT2D eigenvalue weighted by atomic mass is 10.0. The molecule has 0 unspecified atom stereocenters. The third-order valence-corrected chi connectivity index (χ3v) is 5.79. The number of carbonyl (C=O) groups is 1. The zero-order chi connectivity index (χ0) is 25.5. The molecule has 0 heterocycles. The summed E-state index contributed by atoms with van der Waals surface area (Å²) in [6.45, 7) is 4.63. The molecule has 0 aliphatic carbocycles. The lowest BCUT2D eigenvalue weighted by Crippen LogP contribution is -2.18. The molecule has 0 saturated heterocycles. The van der Waals surface area contributed by atoms with Gasteiger partial charge in [-0.2, -0.15) is 5.10 Å². The average Bonchev–Trinajstić information content (AvgIpc) is 2.84. The van der Waals surface area contributed by atoms with Crippen molar-refractivity contribution in [2.45, 2.75) is 26.4 Å². The minimum absolute atomic E-state index is 0.00413. The van der Waals surface area contributed by atoms with Crippen molar-refractivity contribution in [3.63, 3.8) is 0 Å². The molecule has 0 radical (unpaired) electrons. The van der Waals surface area contributed by atoms with Crippen LogP contribution in [0.15, 0.2) is 53.6 Å². The van der Waals surface area contributed by atoms with Gasteiger partial charge in [0.1, 0.15) is 12.4 Å². The quantitative estimate of drug-likeness (QED) is 0.261. The highest BCUT2D eigenvalue weighted by Gasteiger charge is 2.15. The van der Waals surface area contributed by atoms with Gasteiger partial charge in [-0.15, -0.1) is 0 Å². The Hall–Kier alpha value is -3.42. The van der Waals surface area contributed by atoms with E-state index in [0.29, 0.717) is 35.3 Å². The molecule has 3 aromatic carbocycles. The first kappa shape index (κ1) is 26.2. The average molecular weight is 517 g/mol. The minimum atomic E-state index is -0.587. The molecule has 35 heavy (non-hydrogen) atoms. The number of methoxy groups -OCH3 is 2. The summed E-state index contributed by atoms with van der Waals surface area (Å²) in [5.74, 6) is 1.00. The summed E-state index contributed by atoms with van der Waals surface area (Å²) < 4.78 is 17.0. The molecule has 1 amide bonds. The number of aromatic hydroxyl groups is 1. The van der Waals surface area contributed by atoms with Crippen LogP contribution in [0.1, 0.15) is 46.8 Å². The van der Waals surface area contributed by atoms with E-state index in [4.69, 9.17) is 37.4 Å². The number of halogens is 2. The van der Waals surface area contributed by atoms with Crippen molar-refractivity contribution in [1.82, 2.24) is 5.43 Å². The van der Waals surface area contributed by atoms with Crippen LogP contribution in [0.2, 0.25) is 10.0 Å². The van der Waals surface area contributed by atoms with Crippen molar-refractivity contribution in [3.05, 3.63) is 80.8 Å². The molecule has 0 aliphatic heterocycles. The number of carbonyl (C=O) groups excluding carboxylic acids is 1. The summed E-state index contributed by atoms with van der Waals surface area (Å²) in [5, 5.41) is 13.6. The Balaban J connectivity index is 1.74. The highest BCUT2D eigenvalue weighted by Crippen LogP contribution is 2.39. The summed E-state index contributed by atoms with van der Waals surface area (Å²) in [5.41, 5.74) is 5.33. The summed E-state index contributed by atoms with van der Waals surface area (Å²) in [7, 11) is 3.05. The molecule has 9 heteroatoms. The van der Waals surface area contributed by atoms with Crippen LogP contribution in [0.4, 0.5) is 0 Å². The summed E-state index contributed by atoms with van der Waals surface area (Å²) in [6, 6.07) is 14.1. The number of ether oxygens (including phenoxy) is 3. The van der Waals surface area contributed by atoms with Crippen LogP contribution in [-0.4, -0.2) is 31.4 Å². The number of hydrogen-bond acceptors (Lipinski definition) is 6. The number of amides is 1. The Morgan fingerprint density at radius 2 is 1.66 bits per heavy atom. The van der Waals surface area contributed by atoms with E-state index in [0.717, 1.165) is 5.56 Å². The first-order chi connectivity index (χ1) is 16.7. The Bertz CT molecular complexity index is 1200. The highest BCUT2D eigenvalue weighted by atomic mass is 35.5. The van der Waals surface area contributed by atoms with Gasteiger partial charge in [0.2, 0.25) is 5.75 Å². The van der Waals surface area contributed by atoms with E-state index in [-0.39, 0.29) is 21.4 Å². The number of nitrogens with one attached hydrogen (secondary N) is 1. The molecule has 0 aliphatic rings. The van der Waals surface area contributed by atoms with E-state index in [9.17, 15) is 9.90 Å². The maximum Gasteiger partial charge on any atom is 0.272 e. The van der Waals surface area contributed by atoms with E-state index in [1.165, 1.54) is 38.1 Å². The molecule has 0 bridgehead atoms. The topological polar surface area (TPSA) is 89.4 Å². The van der Waals surface area contributed by atoms with Crippen LogP contribution in [0.3, 0.4) is 0 Å². The smallest absolute Gasteiger partial charge is 0.272 e. The van der Waals surface area contributed by atoms with E-state index >= 15 is 0 Å². The summed E-state index contributed by atoms with van der Waals surface area (Å²) >= 11 is 11.9. The number of hydrazone groups is 1. The van der Waals surface area contributed by atoms with Crippen molar-refractivity contribution in [2.75, 3.05) is 14.2 Å². The van der Waals surface area contributed by atoms with Gasteiger partial charge in [0.05, 0.1) is 36.0 Å². The van der Waals surface area contributed by atoms with Crippen molar-refractivity contribution in [2.24, 2.45) is 5.10 Å². The van der Waals surface area contributed by atoms with Crippen LogP contribution < -0.4 is 19.6 Å². The molecule has 0 fully saturated rings. The van der Waals surface area contributed by atoms with Gasteiger partial charge in [0.25, 0.3) is 5.91 Å². The minimum Gasteiger partial charge on any atom is -0.506 e. The Labute approximate surface area is 214 Å². The van der Waals surface area contributed by atoms with E-state index in [1.54, 1.807) is 12.1 Å². The number of benzene rings is 3. The number of nitrogens with zero attached hydrogens (tertiary/aromatic N) is 1. The lowest BCUT2D eigenvalue weighted by molar-refractivity contribution is 0.0955. The van der Waals surface area contributed by atoms with Gasteiger partial charge in [-0.25, -0.2) is 5.43 Å². The fourth-order valence-corrected chi connectivity index (χ4v) is 3.61. The van der Waals surface area contributed by atoms with Crippen molar-refractivity contribution in [3.8, 4) is 23.0 Å². The molecular weight excluding hydrogens is 491 g/mol. The number of hydrogen-bond donors (Lipinski definition) is 2. The fraction of sp³-hybridized carbons (Fsp3) is 0.231. The van der Waals surface area contributed by atoms with Gasteiger partial charge in [0, 0.05) is 11.6 Å². The maximum absolute atomic E-state index is 12.4. The Kier molecular flexibility index (Phi) is 8.84. The highest BCUT2D eigenvalue weighted by molar-refractivity contribution is 6.36. The second-order valence-corrected chi connectivity index (χ2v) is 8.74. The molecule has 3 aromatic rings. The van der Waals surface area contributed by atoms with Gasteiger partial charge >= 0.3 is 0 Å². The standard InChI is InChI=1S/C26H26Cl2N2O5/c1-15(2)18-7-5-16(6-8-18)14-35-25-23(33-3)9-17(10-24(25)34-4)13-29-30-26(32)19-11-21(28)22(31)12-20(19)27/h5-13,15,31H,14H2,1-4H3,(H,30,32). The van der Waals surface area contributed by atoms with Gasteiger partial charge in [-0.1, -0.05) is 61.3 Å². The molecule has 0 aromatic heterocycles. The fourth-order valence-electron chi connectivity index (χ4n) is 3.21. The molecule has 0 saturated carbocycles. The Morgan fingerprint density at radius 3 is 2.23 bits per heavy atom. The third-order valence-electron chi connectivity index (χ3n) is 5.17. The number of phenols is 1. The zero-order valence-corrected chi connectivity index (χ0v) is 21.3. The van der Waals surface area contributed by atoms with Gasteiger partial charge in [-0.05, 0) is 35.2 Å². The normalized spacial score (nSPS) is 11.1. The van der Waals surface area contributed by atoms with E-state index in [1.807, 2.05) is 12.1 Å². The molecule has 3 rings (SSSR count). The van der Waals surface area contributed by atoms with E-state index < -0.39 is 5.91 Å². The van der Waals surface area contributed by atoms with Crippen molar-refractivity contribution in [1.29, 1.82) is 0 Å². The van der Waals surface area contributed by atoms with Crippen LogP contribution in [0.25, 0.3) is 0 Å². The lowest BCUT2D eigenvalue weighted by Gasteiger charge is -2.15. The second-order valence-electron chi connectivity index (χ2n) is 7.92. The van der Waals surface area contributed by atoms with Crippen LogP contribution in [0.5, 0.6) is 23.0 Å². The van der Waals surface area contributed by atoms with Crippen molar-refractivity contribution < 1.29 is 24.1 Å². The van der Waals surface area contributed by atoms with Gasteiger partial charge < -0.3 is 19.3 Å². The van der Waals surface area contributed by atoms with Gasteiger partial charge in [-0.3, -0.25) is 4.79 Å².